The van der Waals surface area contributed by atoms with Crippen molar-refractivity contribution in [3.63, 3.8) is 0 Å². The van der Waals surface area contributed by atoms with Gasteiger partial charge >= 0.3 is 20.0 Å². The minimum atomic E-state index is -1.24. The Kier molecular flexibility index (Phi) is 6.39. The predicted octanol–water partition coefficient (Wildman–Crippen LogP) is 4.42. The van der Waals surface area contributed by atoms with Crippen molar-refractivity contribution in [3.8, 4) is 5.75 Å². The third-order valence-electron chi connectivity index (χ3n) is 3.20. The number of halogens is 2. The summed E-state index contributed by atoms with van der Waals surface area (Å²) >= 11 is 11.8. The first-order valence-electron chi connectivity index (χ1n) is 7.44. The van der Waals surface area contributed by atoms with Gasteiger partial charge in [0.05, 0.1) is 0 Å². The van der Waals surface area contributed by atoms with Crippen molar-refractivity contribution in [1.82, 2.24) is 0 Å². The molecule has 6 nitrogen and oxygen atoms in total. The molecule has 134 valence electrons. The highest BCUT2D eigenvalue weighted by atomic mass is 35.5. The molecule has 0 saturated heterocycles. The Morgan fingerprint density at radius 1 is 0.962 bits per heavy atom. The average molecular weight is 393 g/mol. The molecule has 2 N–H and O–H groups in total. The largest absolute Gasteiger partial charge is 0.540 e. The fourth-order valence-corrected chi connectivity index (χ4v) is 2.53. The first-order valence-corrected chi connectivity index (χ1v) is 8.19. The molecule has 9 heteroatoms. The number of hydrogen-bond donors (Lipinski definition) is 2. The molecule has 2 radical (unpaired) electrons. The fourth-order valence-electron chi connectivity index (χ4n) is 2.00. The Hall–Kier alpha value is -2.38. The van der Waals surface area contributed by atoms with E-state index in [2.05, 4.69) is 15.3 Å². The van der Waals surface area contributed by atoms with Crippen molar-refractivity contribution in [2.24, 2.45) is 0 Å². The molecule has 0 saturated carbocycles. The third kappa shape index (κ3) is 5.57. The summed E-state index contributed by atoms with van der Waals surface area (Å²) in [6.07, 6.45) is 0. The van der Waals surface area contributed by atoms with Gasteiger partial charge in [-0.2, -0.15) is 0 Å². The highest BCUT2D eigenvalue weighted by Crippen LogP contribution is 2.24. The molecular weight excluding hydrogens is 378 g/mol. The highest BCUT2D eigenvalue weighted by molar-refractivity contribution is 6.35. The van der Waals surface area contributed by atoms with E-state index >= 15 is 0 Å². The van der Waals surface area contributed by atoms with Crippen LogP contribution >= 0.6 is 23.2 Å². The molecule has 0 fully saturated rings. The summed E-state index contributed by atoms with van der Waals surface area (Å²) in [6, 6.07) is 10.7. The fraction of sp³-hybridized carbons (Fsp3) is 0.176. The van der Waals surface area contributed by atoms with Gasteiger partial charge in [0.15, 0.2) is 5.60 Å². The van der Waals surface area contributed by atoms with E-state index in [0.29, 0.717) is 27.2 Å². The summed E-state index contributed by atoms with van der Waals surface area (Å²) in [4.78, 5) is 23.5. The predicted molar refractivity (Wildman–Crippen MR) is 102 cm³/mol. The maximum absolute atomic E-state index is 12.0. The van der Waals surface area contributed by atoms with Gasteiger partial charge in [-0.3, -0.25) is 0 Å². The summed E-state index contributed by atoms with van der Waals surface area (Å²) in [5.74, 6) is -0.299. The number of rotatable bonds is 5. The van der Waals surface area contributed by atoms with Gasteiger partial charge in [-0.25, -0.2) is 9.59 Å². The first kappa shape index (κ1) is 19.9. The molecule has 2 rings (SSSR count). The van der Waals surface area contributed by atoms with E-state index in [-0.39, 0.29) is 0 Å². The number of carbonyl (C=O) groups is 2. The molecule has 0 spiro atoms. The van der Waals surface area contributed by atoms with Gasteiger partial charge in [-0.15, -0.1) is 0 Å². The number of urea groups is 1. The third-order valence-corrected chi connectivity index (χ3v) is 3.64. The molecule has 0 aliphatic rings. The maximum Gasteiger partial charge on any atom is 0.378 e. The molecule has 0 aromatic heterocycles. The van der Waals surface area contributed by atoms with Gasteiger partial charge in [-0.05, 0) is 56.3 Å². The zero-order valence-electron chi connectivity index (χ0n) is 14.0. The second kappa shape index (κ2) is 8.34. The maximum atomic E-state index is 12.0. The number of anilines is 2. The lowest BCUT2D eigenvalue weighted by atomic mass is 10.1. The van der Waals surface area contributed by atoms with Crippen molar-refractivity contribution < 1.29 is 19.0 Å². The van der Waals surface area contributed by atoms with Crippen LogP contribution in [-0.2, 0) is 9.45 Å². The van der Waals surface area contributed by atoms with Crippen molar-refractivity contribution in [1.29, 1.82) is 0 Å². The van der Waals surface area contributed by atoms with Crippen molar-refractivity contribution in [3.05, 3.63) is 52.5 Å². The first-order chi connectivity index (χ1) is 12.2. The van der Waals surface area contributed by atoms with Crippen LogP contribution in [0.4, 0.5) is 16.2 Å². The van der Waals surface area contributed by atoms with E-state index < -0.39 is 17.6 Å². The Bertz CT molecular complexity index is 793. The lowest BCUT2D eigenvalue weighted by molar-refractivity contribution is -0.148. The minimum absolute atomic E-state index is 0.410. The molecule has 0 atom stereocenters. The van der Waals surface area contributed by atoms with Crippen LogP contribution in [0.2, 0.25) is 10.0 Å². The van der Waals surface area contributed by atoms with Crippen LogP contribution in [0.25, 0.3) is 0 Å². The van der Waals surface area contributed by atoms with Crippen LogP contribution in [0.3, 0.4) is 0 Å². The molecule has 2 aromatic carbocycles. The Morgan fingerprint density at radius 3 is 2.04 bits per heavy atom. The van der Waals surface area contributed by atoms with E-state index in [1.807, 2.05) is 0 Å². The average Bonchev–Trinajstić information content (AvgIpc) is 2.54. The molecule has 2 aromatic rings. The molecule has 0 heterocycles. The molecule has 0 aliphatic heterocycles. The van der Waals surface area contributed by atoms with Crippen LogP contribution in [0.5, 0.6) is 5.75 Å². The SMILES string of the molecule is [B]OC(=O)C(C)(C)Oc1ccc(NC(=O)Nc2cc(Cl)cc(Cl)c2)cc1. The lowest BCUT2D eigenvalue weighted by Crippen LogP contribution is -2.39. The molecule has 2 amide bonds. The summed E-state index contributed by atoms with van der Waals surface area (Å²) < 4.78 is 9.71. The smallest absolute Gasteiger partial charge is 0.378 e. The molecule has 0 aliphatic carbocycles. The Labute approximate surface area is 162 Å². The van der Waals surface area contributed by atoms with Gasteiger partial charge in [0, 0.05) is 21.4 Å². The highest BCUT2D eigenvalue weighted by Gasteiger charge is 2.30. The number of hydrogen-bond acceptors (Lipinski definition) is 4. The standard InChI is InChI=1S/C17H15BCl2N2O4/c1-17(2,15(23)26-18)25-14-5-3-12(4-6-14)21-16(24)22-13-8-10(19)7-11(20)9-13/h3-9H,1-2H3,(H2,21,22,24). The van der Waals surface area contributed by atoms with E-state index in [9.17, 15) is 9.59 Å². The normalized spacial score (nSPS) is 10.8. The Morgan fingerprint density at radius 2 is 1.50 bits per heavy atom. The summed E-state index contributed by atoms with van der Waals surface area (Å²) in [7, 11) is 4.87. The summed E-state index contributed by atoms with van der Waals surface area (Å²) in [6.45, 7) is 3.05. The van der Waals surface area contributed by atoms with E-state index in [1.54, 1.807) is 42.5 Å². The molecule has 0 unspecified atom stereocenters. The molecule has 0 bridgehead atoms. The number of amides is 2. The second-order valence-electron chi connectivity index (χ2n) is 5.78. The number of carbonyl (C=O) groups excluding carboxylic acids is 2. The zero-order chi connectivity index (χ0) is 19.3. The Balaban J connectivity index is 1.98. The van der Waals surface area contributed by atoms with Crippen LogP contribution in [0, 0.1) is 0 Å². The van der Waals surface area contributed by atoms with E-state index in [0.717, 1.165) is 0 Å². The zero-order valence-corrected chi connectivity index (χ0v) is 15.5. The topological polar surface area (TPSA) is 76.7 Å². The van der Waals surface area contributed by atoms with Gasteiger partial charge in [0.2, 0.25) is 0 Å². The van der Waals surface area contributed by atoms with E-state index in [1.165, 1.54) is 13.8 Å². The van der Waals surface area contributed by atoms with Crippen molar-refractivity contribution in [2.45, 2.75) is 19.4 Å². The number of ether oxygens (including phenoxy) is 1. The molecular formula is C17H15BCl2N2O4. The lowest BCUT2D eigenvalue weighted by Gasteiger charge is -2.23. The van der Waals surface area contributed by atoms with Gasteiger partial charge in [0.1, 0.15) is 5.75 Å². The van der Waals surface area contributed by atoms with Gasteiger partial charge in [0.25, 0.3) is 0 Å². The van der Waals surface area contributed by atoms with Gasteiger partial charge in [-0.1, -0.05) is 23.2 Å². The van der Waals surface area contributed by atoms with E-state index in [4.69, 9.17) is 36.0 Å². The van der Waals surface area contributed by atoms with Crippen LogP contribution in [-0.4, -0.2) is 25.7 Å². The quantitative estimate of drug-likeness (QED) is 0.738. The number of nitrogens with one attached hydrogen (secondary N) is 2. The van der Waals surface area contributed by atoms with Crippen molar-refractivity contribution in [2.75, 3.05) is 10.6 Å². The second-order valence-corrected chi connectivity index (χ2v) is 6.65. The number of benzene rings is 2. The van der Waals surface area contributed by atoms with Crippen LogP contribution in [0.1, 0.15) is 13.8 Å². The van der Waals surface area contributed by atoms with Gasteiger partial charge < -0.3 is 20.0 Å². The van der Waals surface area contributed by atoms with Crippen molar-refractivity contribution >= 4 is 54.6 Å². The summed E-state index contributed by atoms with van der Waals surface area (Å²) in [5, 5.41) is 6.09. The monoisotopic (exact) mass is 392 g/mol. The minimum Gasteiger partial charge on any atom is -0.540 e. The van der Waals surface area contributed by atoms with Crippen LogP contribution in [0.15, 0.2) is 42.5 Å². The summed E-state index contributed by atoms with van der Waals surface area (Å²) in [5.41, 5.74) is -0.267. The molecule has 26 heavy (non-hydrogen) atoms. The van der Waals surface area contributed by atoms with Crippen LogP contribution < -0.4 is 15.4 Å².